The highest BCUT2D eigenvalue weighted by Gasteiger charge is 2.30. The molecule has 0 bridgehead atoms. The van der Waals surface area contributed by atoms with Gasteiger partial charge in [0.05, 0.1) is 17.5 Å². The van der Waals surface area contributed by atoms with Crippen LogP contribution in [0.5, 0.6) is 0 Å². The molecule has 1 N–H and O–H groups in total. The molecule has 2 heterocycles. The summed E-state index contributed by atoms with van der Waals surface area (Å²) in [5.74, 6) is 0.758. The van der Waals surface area contributed by atoms with Gasteiger partial charge in [-0.05, 0) is 30.9 Å². The molecular formula is C15H13F3N4S. The van der Waals surface area contributed by atoms with Crippen molar-refractivity contribution in [3.63, 3.8) is 0 Å². The number of hydrogen-bond donors (Lipinski definition) is 1. The Kier molecular flexibility index (Phi) is 3.29. The monoisotopic (exact) mass is 338 g/mol. The standard InChI is InChI=1S/C15H13F3N4S/c16-15(17,18)11-5-3-10(4-6-11)12-8-22-14(20-12)23-13(21-22)19-7-9-1-2-9/h3-6,8-9H,1-2,7H2,(H,19,21). The van der Waals surface area contributed by atoms with Gasteiger partial charge in [-0.1, -0.05) is 23.5 Å². The number of nitrogens with zero attached hydrogens (tertiary/aromatic N) is 3. The van der Waals surface area contributed by atoms with Gasteiger partial charge in [0, 0.05) is 12.1 Å². The third-order valence-electron chi connectivity index (χ3n) is 3.79. The summed E-state index contributed by atoms with van der Waals surface area (Å²) in [5, 5.41) is 8.50. The van der Waals surface area contributed by atoms with Crippen molar-refractivity contribution >= 4 is 21.4 Å². The minimum Gasteiger partial charge on any atom is -0.360 e. The fourth-order valence-electron chi connectivity index (χ4n) is 2.29. The fraction of sp³-hybridized carbons (Fsp3) is 0.333. The van der Waals surface area contributed by atoms with Crippen LogP contribution in [-0.4, -0.2) is 21.1 Å². The summed E-state index contributed by atoms with van der Waals surface area (Å²) >= 11 is 1.44. The van der Waals surface area contributed by atoms with Crippen LogP contribution >= 0.6 is 11.3 Å². The Morgan fingerprint density at radius 2 is 1.96 bits per heavy atom. The molecule has 4 rings (SSSR count). The molecule has 120 valence electrons. The van der Waals surface area contributed by atoms with Crippen LogP contribution in [0.25, 0.3) is 16.2 Å². The number of benzene rings is 1. The molecule has 23 heavy (non-hydrogen) atoms. The minimum atomic E-state index is -4.32. The highest BCUT2D eigenvalue weighted by Crippen LogP contribution is 2.32. The molecule has 1 fully saturated rings. The minimum absolute atomic E-state index is 0.617. The molecule has 1 saturated carbocycles. The Balaban J connectivity index is 1.55. The molecule has 4 nitrogen and oxygen atoms in total. The number of anilines is 1. The molecule has 0 radical (unpaired) electrons. The van der Waals surface area contributed by atoms with Crippen LogP contribution in [-0.2, 0) is 6.18 Å². The first-order valence-corrected chi connectivity index (χ1v) is 8.08. The van der Waals surface area contributed by atoms with Gasteiger partial charge in [0.15, 0.2) is 0 Å². The van der Waals surface area contributed by atoms with Crippen molar-refractivity contribution in [2.45, 2.75) is 19.0 Å². The zero-order valence-corrected chi connectivity index (χ0v) is 12.8. The fourth-order valence-corrected chi connectivity index (χ4v) is 3.08. The van der Waals surface area contributed by atoms with Gasteiger partial charge in [-0.3, -0.25) is 0 Å². The van der Waals surface area contributed by atoms with E-state index in [0.717, 1.165) is 34.7 Å². The van der Waals surface area contributed by atoms with Crippen LogP contribution in [0.4, 0.5) is 18.3 Å². The molecule has 0 atom stereocenters. The van der Waals surface area contributed by atoms with Gasteiger partial charge in [0.1, 0.15) is 0 Å². The number of aromatic nitrogens is 3. The molecule has 0 saturated heterocycles. The van der Waals surface area contributed by atoms with Crippen LogP contribution in [0.1, 0.15) is 18.4 Å². The maximum atomic E-state index is 12.6. The molecule has 1 aromatic carbocycles. The SMILES string of the molecule is FC(F)(F)c1ccc(-c2cn3nc(NCC4CC4)sc3n2)cc1. The second kappa shape index (κ2) is 5.23. The zero-order valence-electron chi connectivity index (χ0n) is 12.0. The maximum absolute atomic E-state index is 12.6. The summed E-state index contributed by atoms with van der Waals surface area (Å²) < 4.78 is 39.4. The molecule has 0 unspecified atom stereocenters. The van der Waals surface area contributed by atoms with E-state index in [0.29, 0.717) is 11.3 Å². The first kappa shape index (κ1) is 14.5. The van der Waals surface area contributed by atoms with Crippen LogP contribution in [0.15, 0.2) is 30.5 Å². The molecule has 1 aliphatic carbocycles. The summed E-state index contributed by atoms with van der Waals surface area (Å²) in [6.07, 6.45) is -0.0470. The van der Waals surface area contributed by atoms with Crippen molar-refractivity contribution in [2.24, 2.45) is 5.92 Å². The van der Waals surface area contributed by atoms with Gasteiger partial charge in [-0.2, -0.15) is 13.2 Å². The lowest BCUT2D eigenvalue weighted by Crippen LogP contribution is -2.04. The molecule has 3 aromatic rings. The van der Waals surface area contributed by atoms with Gasteiger partial charge in [0.2, 0.25) is 10.1 Å². The largest absolute Gasteiger partial charge is 0.416 e. The average molecular weight is 338 g/mol. The van der Waals surface area contributed by atoms with Crippen LogP contribution < -0.4 is 5.32 Å². The maximum Gasteiger partial charge on any atom is 0.416 e. The van der Waals surface area contributed by atoms with Gasteiger partial charge in [-0.25, -0.2) is 9.50 Å². The van der Waals surface area contributed by atoms with Crippen LogP contribution in [0.3, 0.4) is 0 Å². The summed E-state index contributed by atoms with van der Waals surface area (Å²) in [5.41, 5.74) is 0.598. The van der Waals surface area contributed by atoms with Gasteiger partial charge in [0.25, 0.3) is 0 Å². The topological polar surface area (TPSA) is 42.2 Å². The molecule has 0 aliphatic heterocycles. The van der Waals surface area contributed by atoms with Crippen molar-refractivity contribution in [1.82, 2.24) is 14.6 Å². The lowest BCUT2D eigenvalue weighted by atomic mass is 10.1. The normalized spacial score (nSPS) is 15.3. The second-order valence-corrected chi connectivity index (χ2v) is 6.62. The number of alkyl halides is 3. The molecule has 0 amide bonds. The average Bonchev–Trinajstić information content (AvgIpc) is 3.13. The van der Waals surface area contributed by atoms with E-state index >= 15 is 0 Å². The molecular weight excluding hydrogens is 325 g/mol. The Morgan fingerprint density at radius 1 is 1.22 bits per heavy atom. The smallest absolute Gasteiger partial charge is 0.360 e. The number of nitrogens with one attached hydrogen (secondary N) is 1. The quantitative estimate of drug-likeness (QED) is 0.771. The van der Waals surface area contributed by atoms with Gasteiger partial charge in [-0.15, -0.1) is 5.10 Å². The first-order chi connectivity index (χ1) is 11.0. The van der Waals surface area contributed by atoms with Gasteiger partial charge < -0.3 is 5.32 Å². The highest BCUT2D eigenvalue weighted by molar-refractivity contribution is 7.20. The van der Waals surface area contributed by atoms with Crippen molar-refractivity contribution in [1.29, 1.82) is 0 Å². The van der Waals surface area contributed by atoms with Crippen LogP contribution in [0.2, 0.25) is 0 Å². The Bertz CT molecular complexity index is 799. The molecule has 8 heteroatoms. The van der Waals surface area contributed by atoms with Gasteiger partial charge >= 0.3 is 6.18 Å². The van der Waals surface area contributed by atoms with E-state index < -0.39 is 11.7 Å². The van der Waals surface area contributed by atoms with E-state index in [2.05, 4.69) is 15.4 Å². The first-order valence-electron chi connectivity index (χ1n) is 7.27. The Morgan fingerprint density at radius 3 is 2.57 bits per heavy atom. The number of fused-ring (bicyclic) bond motifs is 1. The van der Waals surface area contributed by atoms with Crippen molar-refractivity contribution in [2.75, 3.05) is 11.9 Å². The highest BCUT2D eigenvalue weighted by atomic mass is 32.1. The van der Waals surface area contributed by atoms with E-state index in [1.807, 2.05) is 0 Å². The predicted octanol–water partition coefficient (Wildman–Crippen LogP) is 4.30. The number of halogens is 3. The predicted molar refractivity (Wildman–Crippen MR) is 82.5 cm³/mol. The third kappa shape index (κ3) is 3.03. The summed E-state index contributed by atoms with van der Waals surface area (Å²) in [6.45, 7) is 0.933. The number of hydrogen-bond acceptors (Lipinski definition) is 4. The lowest BCUT2D eigenvalue weighted by Gasteiger charge is -2.06. The zero-order chi connectivity index (χ0) is 16.0. The Hall–Kier alpha value is -2.09. The number of rotatable bonds is 4. The lowest BCUT2D eigenvalue weighted by molar-refractivity contribution is -0.137. The summed E-state index contributed by atoms with van der Waals surface area (Å²) in [6, 6.07) is 5.00. The number of imidazole rings is 1. The summed E-state index contributed by atoms with van der Waals surface area (Å²) in [7, 11) is 0. The van der Waals surface area contributed by atoms with Crippen molar-refractivity contribution < 1.29 is 13.2 Å². The second-order valence-electron chi connectivity index (χ2n) is 5.66. The summed E-state index contributed by atoms with van der Waals surface area (Å²) in [4.78, 5) is 5.16. The third-order valence-corrected chi connectivity index (χ3v) is 4.67. The van der Waals surface area contributed by atoms with E-state index in [9.17, 15) is 13.2 Å². The van der Waals surface area contributed by atoms with E-state index in [-0.39, 0.29) is 0 Å². The van der Waals surface area contributed by atoms with Crippen LogP contribution in [0, 0.1) is 5.92 Å². The van der Waals surface area contributed by atoms with Crippen molar-refractivity contribution in [3.8, 4) is 11.3 Å². The van der Waals surface area contributed by atoms with E-state index in [4.69, 9.17) is 0 Å². The Labute approximate surface area is 134 Å². The molecule has 0 spiro atoms. The van der Waals surface area contributed by atoms with E-state index in [1.165, 1.54) is 36.3 Å². The van der Waals surface area contributed by atoms with Crippen molar-refractivity contribution in [3.05, 3.63) is 36.0 Å². The molecule has 1 aliphatic rings. The molecule has 2 aromatic heterocycles. The van der Waals surface area contributed by atoms with E-state index in [1.54, 1.807) is 10.7 Å².